The van der Waals surface area contributed by atoms with Crippen LogP contribution in [0.15, 0.2) is 0 Å². The van der Waals surface area contributed by atoms with Crippen LogP contribution in [0.3, 0.4) is 0 Å². The van der Waals surface area contributed by atoms with Crippen molar-refractivity contribution in [3.8, 4) is 0 Å². The van der Waals surface area contributed by atoms with E-state index in [-0.39, 0.29) is 5.91 Å². The van der Waals surface area contributed by atoms with E-state index in [1.165, 1.54) is 38.6 Å². The lowest BCUT2D eigenvalue weighted by molar-refractivity contribution is -0.122. The highest BCUT2D eigenvalue weighted by Gasteiger charge is 2.33. The van der Waals surface area contributed by atoms with Crippen LogP contribution in [-0.2, 0) is 4.79 Å². The maximum Gasteiger partial charge on any atom is 0.220 e. The van der Waals surface area contributed by atoms with Gasteiger partial charge < -0.3 is 10.2 Å². The lowest BCUT2D eigenvalue weighted by Crippen LogP contribution is -2.39. The van der Waals surface area contributed by atoms with E-state index >= 15 is 0 Å². The molecule has 2 aliphatic rings. The molecule has 1 aliphatic heterocycles. The molecule has 3 heteroatoms. The van der Waals surface area contributed by atoms with Crippen LogP contribution in [0.2, 0.25) is 0 Å². The summed E-state index contributed by atoms with van der Waals surface area (Å²) in [5.41, 5.74) is 0.411. The van der Waals surface area contributed by atoms with Crippen LogP contribution in [0.25, 0.3) is 0 Å². The fourth-order valence-electron chi connectivity index (χ4n) is 4.50. The van der Waals surface area contributed by atoms with Gasteiger partial charge in [0.25, 0.3) is 0 Å². The van der Waals surface area contributed by atoms with Crippen molar-refractivity contribution in [1.29, 1.82) is 0 Å². The Morgan fingerprint density at radius 1 is 1.35 bits per heavy atom. The third-order valence-electron chi connectivity index (χ3n) is 5.16. The normalized spacial score (nSPS) is 34.1. The quantitative estimate of drug-likeness (QED) is 0.858. The Kier molecular flexibility index (Phi) is 5.11. The van der Waals surface area contributed by atoms with Crippen LogP contribution in [-0.4, -0.2) is 37.0 Å². The van der Waals surface area contributed by atoms with E-state index in [0.29, 0.717) is 17.4 Å². The highest BCUT2D eigenvalue weighted by molar-refractivity contribution is 5.76. The second-order valence-electron chi connectivity index (χ2n) is 8.06. The Hall–Kier alpha value is -0.570. The van der Waals surface area contributed by atoms with E-state index in [1.807, 2.05) is 0 Å². The summed E-state index contributed by atoms with van der Waals surface area (Å²) in [7, 11) is 2.16. The van der Waals surface area contributed by atoms with Crippen molar-refractivity contribution in [1.82, 2.24) is 10.2 Å². The topological polar surface area (TPSA) is 32.3 Å². The van der Waals surface area contributed by atoms with Gasteiger partial charge in [-0.15, -0.1) is 0 Å². The molecule has 3 atom stereocenters. The molecule has 1 heterocycles. The van der Waals surface area contributed by atoms with Crippen LogP contribution in [0.5, 0.6) is 0 Å². The third-order valence-corrected chi connectivity index (χ3v) is 5.16. The lowest BCUT2D eigenvalue weighted by Gasteiger charge is -2.38. The van der Waals surface area contributed by atoms with Gasteiger partial charge in [-0.2, -0.15) is 0 Å². The Morgan fingerprint density at radius 2 is 2.10 bits per heavy atom. The zero-order chi connectivity index (χ0) is 14.8. The standard InChI is InChI=1S/C17H32N2O/c1-13-8-14(11-17(2,3)10-13)9-16(20)18-12-15-6-5-7-19(15)4/h13-15H,5-12H2,1-4H3,(H,18,20). The summed E-state index contributed by atoms with van der Waals surface area (Å²) in [6.07, 6.45) is 6.95. The molecule has 1 aliphatic carbocycles. The molecule has 116 valence electrons. The number of amides is 1. The molecule has 0 radical (unpaired) electrons. The summed E-state index contributed by atoms with van der Waals surface area (Å²) in [5.74, 6) is 1.60. The Bertz CT molecular complexity index is 340. The SMILES string of the molecule is CC1CC(CC(=O)NCC2CCCN2C)CC(C)(C)C1. The van der Waals surface area contributed by atoms with Gasteiger partial charge in [0.15, 0.2) is 0 Å². The molecule has 0 aromatic heterocycles. The Labute approximate surface area is 124 Å². The van der Waals surface area contributed by atoms with Gasteiger partial charge in [0.1, 0.15) is 0 Å². The smallest absolute Gasteiger partial charge is 0.220 e. The first-order chi connectivity index (χ1) is 9.35. The highest BCUT2D eigenvalue weighted by atomic mass is 16.1. The predicted octanol–water partition coefficient (Wildman–Crippen LogP) is 3.05. The first kappa shape index (κ1) is 15.8. The first-order valence-corrected chi connectivity index (χ1v) is 8.33. The van der Waals surface area contributed by atoms with E-state index in [2.05, 4.69) is 38.0 Å². The van der Waals surface area contributed by atoms with Crippen molar-refractivity contribution >= 4 is 5.91 Å². The maximum absolute atomic E-state index is 12.2. The number of likely N-dealkylation sites (tertiary alicyclic amines) is 1. The van der Waals surface area contributed by atoms with Crippen LogP contribution < -0.4 is 5.32 Å². The predicted molar refractivity (Wildman–Crippen MR) is 83.6 cm³/mol. The molecule has 0 aromatic carbocycles. The van der Waals surface area contributed by atoms with E-state index in [1.54, 1.807) is 0 Å². The summed E-state index contributed by atoms with van der Waals surface area (Å²) in [4.78, 5) is 14.5. The molecular formula is C17H32N2O. The molecule has 1 saturated heterocycles. The zero-order valence-corrected chi connectivity index (χ0v) is 13.7. The number of likely N-dealkylation sites (N-methyl/N-ethyl adjacent to an activating group) is 1. The monoisotopic (exact) mass is 280 g/mol. The molecule has 3 nitrogen and oxygen atoms in total. The number of rotatable bonds is 4. The van der Waals surface area contributed by atoms with E-state index < -0.39 is 0 Å². The van der Waals surface area contributed by atoms with Gasteiger partial charge in [-0.25, -0.2) is 0 Å². The van der Waals surface area contributed by atoms with Crippen molar-refractivity contribution in [3.05, 3.63) is 0 Å². The van der Waals surface area contributed by atoms with Gasteiger partial charge >= 0.3 is 0 Å². The first-order valence-electron chi connectivity index (χ1n) is 8.33. The van der Waals surface area contributed by atoms with Crippen LogP contribution in [0.4, 0.5) is 0 Å². The summed E-state index contributed by atoms with van der Waals surface area (Å²) in [6.45, 7) is 9.04. The second-order valence-corrected chi connectivity index (χ2v) is 8.06. The zero-order valence-electron chi connectivity index (χ0n) is 13.7. The van der Waals surface area contributed by atoms with Gasteiger partial charge in [-0.1, -0.05) is 20.8 Å². The molecule has 20 heavy (non-hydrogen) atoms. The fourth-order valence-corrected chi connectivity index (χ4v) is 4.50. The van der Waals surface area contributed by atoms with Crippen LogP contribution >= 0.6 is 0 Å². The van der Waals surface area contributed by atoms with Crippen molar-refractivity contribution < 1.29 is 4.79 Å². The average Bonchev–Trinajstić information content (AvgIpc) is 2.69. The maximum atomic E-state index is 12.2. The van der Waals surface area contributed by atoms with E-state index in [9.17, 15) is 4.79 Å². The van der Waals surface area contributed by atoms with Gasteiger partial charge in [0.05, 0.1) is 0 Å². The molecule has 2 rings (SSSR count). The second kappa shape index (κ2) is 6.46. The third kappa shape index (κ3) is 4.47. The van der Waals surface area contributed by atoms with Gasteiger partial charge in [-0.3, -0.25) is 4.79 Å². The number of nitrogens with zero attached hydrogens (tertiary/aromatic N) is 1. The molecule has 0 spiro atoms. The van der Waals surface area contributed by atoms with E-state index in [4.69, 9.17) is 0 Å². The number of nitrogens with one attached hydrogen (secondary N) is 1. The summed E-state index contributed by atoms with van der Waals surface area (Å²) in [5, 5.41) is 3.16. The fraction of sp³-hybridized carbons (Fsp3) is 0.941. The molecule has 1 N–H and O–H groups in total. The molecule has 1 amide bonds. The molecule has 0 bridgehead atoms. The molecular weight excluding hydrogens is 248 g/mol. The molecule has 2 fully saturated rings. The molecule has 3 unspecified atom stereocenters. The molecule has 1 saturated carbocycles. The van der Waals surface area contributed by atoms with Crippen LogP contribution in [0.1, 0.15) is 59.3 Å². The minimum absolute atomic E-state index is 0.264. The number of carbonyl (C=O) groups is 1. The summed E-state index contributed by atoms with van der Waals surface area (Å²) >= 11 is 0. The summed E-state index contributed by atoms with van der Waals surface area (Å²) < 4.78 is 0. The number of hydrogen-bond acceptors (Lipinski definition) is 2. The van der Waals surface area contributed by atoms with Crippen LogP contribution in [0, 0.1) is 17.3 Å². The van der Waals surface area contributed by atoms with Gasteiger partial charge in [0, 0.05) is 19.0 Å². The van der Waals surface area contributed by atoms with Gasteiger partial charge in [-0.05, 0) is 62.9 Å². The average molecular weight is 280 g/mol. The molecule has 0 aromatic rings. The summed E-state index contributed by atoms with van der Waals surface area (Å²) in [6, 6.07) is 0.556. The van der Waals surface area contributed by atoms with Gasteiger partial charge in [0.2, 0.25) is 5.91 Å². The van der Waals surface area contributed by atoms with Crippen molar-refractivity contribution in [2.24, 2.45) is 17.3 Å². The minimum Gasteiger partial charge on any atom is -0.355 e. The Balaban J connectivity index is 1.73. The van der Waals surface area contributed by atoms with Crippen molar-refractivity contribution in [3.63, 3.8) is 0 Å². The Morgan fingerprint density at radius 3 is 2.70 bits per heavy atom. The largest absolute Gasteiger partial charge is 0.355 e. The van der Waals surface area contributed by atoms with E-state index in [0.717, 1.165) is 18.9 Å². The lowest BCUT2D eigenvalue weighted by atomic mass is 9.67. The van der Waals surface area contributed by atoms with Crippen molar-refractivity contribution in [2.45, 2.75) is 65.3 Å². The minimum atomic E-state index is 0.264. The number of carbonyl (C=O) groups excluding carboxylic acids is 1. The number of hydrogen-bond donors (Lipinski definition) is 1. The highest BCUT2D eigenvalue weighted by Crippen LogP contribution is 2.42. The van der Waals surface area contributed by atoms with Crippen molar-refractivity contribution in [2.75, 3.05) is 20.1 Å².